The summed E-state index contributed by atoms with van der Waals surface area (Å²) in [5.41, 5.74) is 1.58. The third-order valence-corrected chi connectivity index (χ3v) is 2.74. The molecule has 0 aliphatic carbocycles. The van der Waals surface area contributed by atoms with Crippen molar-refractivity contribution >= 4 is 5.78 Å². The molecule has 2 nitrogen and oxygen atoms in total. The molecular weight excluding hydrogens is 188 g/mol. The second-order valence-electron chi connectivity index (χ2n) is 4.14. The van der Waals surface area contributed by atoms with Gasteiger partial charge in [0, 0.05) is 12.0 Å². The lowest BCUT2D eigenvalue weighted by Crippen LogP contribution is -2.06. The zero-order valence-corrected chi connectivity index (χ0v) is 9.58. The Hall–Kier alpha value is -1.31. The van der Waals surface area contributed by atoms with Gasteiger partial charge in [-0.05, 0) is 36.6 Å². The van der Waals surface area contributed by atoms with Gasteiger partial charge in [-0.1, -0.05) is 20.3 Å². The second kappa shape index (κ2) is 4.96. The summed E-state index contributed by atoms with van der Waals surface area (Å²) in [5, 5.41) is 9.24. The van der Waals surface area contributed by atoms with E-state index >= 15 is 0 Å². The lowest BCUT2D eigenvalue weighted by Gasteiger charge is -2.09. The van der Waals surface area contributed by atoms with Gasteiger partial charge in [0.1, 0.15) is 5.75 Å². The molecule has 15 heavy (non-hydrogen) atoms. The molecule has 1 atom stereocenters. The normalized spacial score (nSPS) is 12.5. The second-order valence-corrected chi connectivity index (χ2v) is 4.14. The van der Waals surface area contributed by atoms with E-state index in [0.717, 1.165) is 17.5 Å². The van der Waals surface area contributed by atoms with Crippen LogP contribution in [0.1, 0.15) is 42.6 Å². The summed E-state index contributed by atoms with van der Waals surface area (Å²) in [6.45, 7) is 6.01. The van der Waals surface area contributed by atoms with E-state index in [0.29, 0.717) is 12.3 Å². The molecule has 0 bridgehead atoms. The van der Waals surface area contributed by atoms with Crippen LogP contribution >= 0.6 is 0 Å². The molecule has 1 rings (SSSR count). The van der Waals surface area contributed by atoms with E-state index in [4.69, 9.17) is 0 Å². The number of aromatic hydroxyl groups is 1. The molecule has 0 spiro atoms. The van der Waals surface area contributed by atoms with E-state index in [1.165, 1.54) is 0 Å². The number of benzene rings is 1. The fourth-order valence-corrected chi connectivity index (χ4v) is 1.53. The summed E-state index contributed by atoms with van der Waals surface area (Å²) in [4.78, 5) is 11.9. The van der Waals surface area contributed by atoms with Crippen molar-refractivity contribution in [2.75, 3.05) is 0 Å². The third kappa shape index (κ3) is 3.08. The Morgan fingerprint density at radius 2 is 2.13 bits per heavy atom. The maximum Gasteiger partial charge on any atom is 0.163 e. The van der Waals surface area contributed by atoms with Crippen molar-refractivity contribution < 1.29 is 9.90 Å². The number of hydrogen-bond donors (Lipinski definition) is 1. The Morgan fingerprint density at radius 1 is 1.47 bits per heavy atom. The first-order valence-corrected chi connectivity index (χ1v) is 5.37. The number of phenolic OH excluding ortho intramolecular Hbond substituents is 1. The summed E-state index contributed by atoms with van der Waals surface area (Å²) in [6, 6.07) is 4.90. The van der Waals surface area contributed by atoms with Gasteiger partial charge in [0.15, 0.2) is 5.78 Å². The molecule has 1 aromatic carbocycles. The summed E-state index contributed by atoms with van der Waals surface area (Å²) < 4.78 is 0. The van der Waals surface area contributed by atoms with E-state index < -0.39 is 0 Å². The van der Waals surface area contributed by atoms with Gasteiger partial charge in [0.05, 0.1) is 0 Å². The smallest absolute Gasteiger partial charge is 0.163 e. The predicted molar refractivity (Wildman–Crippen MR) is 61.2 cm³/mol. The van der Waals surface area contributed by atoms with Gasteiger partial charge in [-0.3, -0.25) is 4.79 Å². The minimum Gasteiger partial charge on any atom is -0.508 e. The molecule has 0 heterocycles. The van der Waals surface area contributed by atoms with Crippen molar-refractivity contribution in [3.05, 3.63) is 29.3 Å². The molecule has 0 aliphatic rings. The Morgan fingerprint density at radius 3 is 2.67 bits per heavy atom. The number of ketones is 1. The number of carbonyl (C=O) groups is 1. The van der Waals surface area contributed by atoms with Crippen LogP contribution in [-0.4, -0.2) is 10.9 Å². The molecule has 1 unspecified atom stereocenters. The highest BCUT2D eigenvalue weighted by atomic mass is 16.3. The van der Waals surface area contributed by atoms with Crippen LogP contribution in [0.3, 0.4) is 0 Å². The molecule has 0 radical (unpaired) electrons. The van der Waals surface area contributed by atoms with Crippen LogP contribution < -0.4 is 0 Å². The number of aryl methyl sites for hydroxylation is 1. The highest BCUT2D eigenvalue weighted by Gasteiger charge is 2.12. The fraction of sp³-hybridized carbons (Fsp3) is 0.462. The monoisotopic (exact) mass is 206 g/mol. The molecule has 1 aromatic rings. The average Bonchev–Trinajstić information content (AvgIpc) is 2.17. The largest absolute Gasteiger partial charge is 0.508 e. The van der Waals surface area contributed by atoms with Gasteiger partial charge in [-0.2, -0.15) is 0 Å². The van der Waals surface area contributed by atoms with Crippen LogP contribution in [0.25, 0.3) is 0 Å². The van der Waals surface area contributed by atoms with Crippen LogP contribution in [0.5, 0.6) is 5.75 Å². The minimum absolute atomic E-state index is 0.168. The number of hydrogen-bond acceptors (Lipinski definition) is 2. The molecule has 0 fully saturated rings. The quantitative estimate of drug-likeness (QED) is 0.767. The van der Waals surface area contributed by atoms with Gasteiger partial charge < -0.3 is 5.11 Å². The molecule has 0 saturated heterocycles. The standard InChI is InChI=1S/C13H18O2/c1-4-9(2)7-13(15)12-6-5-11(14)8-10(12)3/h5-6,8-9,14H,4,7H2,1-3H3. The number of carbonyl (C=O) groups excluding carboxylic acids is 1. The average molecular weight is 206 g/mol. The number of rotatable bonds is 4. The highest BCUT2D eigenvalue weighted by molar-refractivity contribution is 5.97. The Balaban J connectivity index is 2.82. The first-order valence-electron chi connectivity index (χ1n) is 5.37. The molecule has 0 saturated carbocycles. The molecule has 0 aliphatic heterocycles. The van der Waals surface area contributed by atoms with Gasteiger partial charge in [0.25, 0.3) is 0 Å². The first-order chi connectivity index (χ1) is 7.04. The van der Waals surface area contributed by atoms with Gasteiger partial charge in [-0.25, -0.2) is 0 Å². The molecular formula is C13H18O2. The van der Waals surface area contributed by atoms with Gasteiger partial charge in [-0.15, -0.1) is 0 Å². The van der Waals surface area contributed by atoms with Crippen molar-refractivity contribution in [1.82, 2.24) is 0 Å². The van der Waals surface area contributed by atoms with Crippen LogP contribution in [0.2, 0.25) is 0 Å². The molecule has 2 heteroatoms. The van der Waals surface area contributed by atoms with E-state index in [2.05, 4.69) is 13.8 Å². The van der Waals surface area contributed by atoms with Crippen molar-refractivity contribution in [2.45, 2.75) is 33.6 Å². The van der Waals surface area contributed by atoms with Crippen molar-refractivity contribution in [3.63, 3.8) is 0 Å². The van der Waals surface area contributed by atoms with Gasteiger partial charge >= 0.3 is 0 Å². The van der Waals surface area contributed by atoms with Crippen LogP contribution in [0.4, 0.5) is 0 Å². The zero-order chi connectivity index (χ0) is 11.4. The van der Waals surface area contributed by atoms with Crippen molar-refractivity contribution in [3.8, 4) is 5.75 Å². The molecule has 0 aromatic heterocycles. The van der Waals surface area contributed by atoms with Crippen LogP contribution in [-0.2, 0) is 0 Å². The Labute approximate surface area is 90.9 Å². The Bertz CT molecular complexity index is 356. The maximum absolute atomic E-state index is 11.9. The lowest BCUT2D eigenvalue weighted by atomic mass is 9.95. The molecule has 1 N–H and O–H groups in total. The molecule has 0 amide bonds. The topological polar surface area (TPSA) is 37.3 Å². The third-order valence-electron chi connectivity index (χ3n) is 2.74. The van der Waals surface area contributed by atoms with E-state index in [9.17, 15) is 9.90 Å². The first kappa shape index (κ1) is 11.8. The lowest BCUT2D eigenvalue weighted by molar-refractivity contribution is 0.0963. The van der Waals surface area contributed by atoms with Crippen LogP contribution in [0.15, 0.2) is 18.2 Å². The van der Waals surface area contributed by atoms with Crippen molar-refractivity contribution in [2.24, 2.45) is 5.92 Å². The number of Topliss-reactive ketones (excluding diaryl/α,β-unsaturated/α-hetero) is 1. The van der Waals surface area contributed by atoms with Crippen molar-refractivity contribution in [1.29, 1.82) is 0 Å². The maximum atomic E-state index is 11.9. The highest BCUT2D eigenvalue weighted by Crippen LogP contribution is 2.19. The summed E-state index contributed by atoms with van der Waals surface area (Å²) in [6.07, 6.45) is 1.60. The minimum atomic E-state index is 0.168. The summed E-state index contributed by atoms with van der Waals surface area (Å²) in [7, 11) is 0. The SMILES string of the molecule is CCC(C)CC(=O)c1ccc(O)cc1C. The van der Waals surface area contributed by atoms with E-state index in [1.807, 2.05) is 6.92 Å². The van der Waals surface area contributed by atoms with Crippen LogP contribution in [0, 0.1) is 12.8 Å². The van der Waals surface area contributed by atoms with E-state index in [-0.39, 0.29) is 11.5 Å². The summed E-state index contributed by atoms with van der Waals surface area (Å²) in [5.74, 6) is 0.806. The molecule has 82 valence electrons. The predicted octanol–water partition coefficient (Wildman–Crippen LogP) is 3.32. The summed E-state index contributed by atoms with van der Waals surface area (Å²) >= 11 is 0. The fourth-order valence-electron chi connectivity index (χ4n) is 1.53. The van der Waals surface area contributed by atoms with E-state index in [1.54, 1.807) is 18.2 Å². The Kier molecular flexibility index (Phi) is 3.89. The van der Waals surface area contributed by atoms with Gasteiger partial charge in [0.2, 0.25) is 0 Å². The number of phenols is 1. The zero-order valence-electron chi connectivity index (χ0n) is 9.58.